The van der Waals surface area contributed by atoms with E-state index in [2.05, 4.69) is 22.2 Å². The smallest absolute Gasteiger partial charge is 0.259 e. The van der Waals surface area contributed by atoms with E-state index >= 15 is 0 Å². The molecule has 0 aliphatic carbocycles. The minimum absolute atomic E-state index is 0.0451. The summed E-state index contributed by atoms with van der Waals surface area (Å²) < 4.78 is 10.6. The molecular weight excluding hydrogens is 342 g/mol. The zero-order valence-corrected chi connectivity index (χ0v) is 16.7. The molecule has 0 saturated carbocycles. The molecule has 0 N–H and O–H groups in total. The van der Waals surface area contributed by atoms with E-state index in [4.69, 9.17) is 9.26 Å². The minimum atomic E-state index is 0.0451. The number of nitrogens with zero attached hydrogens (tertiary/aromatic N) is 3. The van der Waals surface area contributed by atoms with Crippen LogP contribution >= 0.6 is 0 Å². The van der Waals surface area contributed by atoms with Crippen LogP contribution in [-0.2, 0) is 6.54 Å². The molecule has 1 amide bonds. The van der Waals surface area contributed by atoms with Crippen molar-refractivity contribution in [3.8, 4) is 5.75 Å². The van der Waals surface area contributed by atoms with Crippen molar-refractivity contribution >= 4 is 5.91 Å². The molecule has 3 rings (SSSR count). The van der Waals surface area contributed by atoms with Gasteiger partial charge in [0.2, 0.25) is 0 Å². The molecule has 6 nitrogen and oxygen atoms in total. The highest BCUT2D eigenvalue weighted by molar-refractivity contribution is 5.96. The molecule has 2 aromatic rings. The maximum absolute atomic E-state index is 13.1. The summed E-state index contributed by atoms with van der Waals surface area (Å²) in [6, 6.07) is 8.18. The van der Waals surface area contributed by atoms with Crippen molar-refractivity contribution in [3.05, 3.63) is 46.8 Å². The first-order valence-electron chi connectivity index (χ1n) is 9.60. The molecule has 1 aliphatic heterocycles. The normalized spacial score (nSPS) is 15.8. The molecule has 0 radical (unpaired) electrons. The number of aromatic nitrogens is 1. The number of amides is 1. The van der Waals surface area contributed by atoms with E-state index in [0.29, 0.717) is 17.0 Å². The molecule has 0 atom stereocenters. The maximum atomic E-state index is 13.1. The molecule has 0 bridgehead atoms. The third-order valence-electron chi connectivity index (χ3n) is 5.07. The summed E-state index contributed by atoms with van der Waals surface area (Å²) in [7, 11) is 1.68. The van der Waals surface area contributed by atoms with Crippen LogP contribution in [0.25, 0.3) is 0 Å². The topological polar surface area (TPSA) is 58.8 Å². The van der Waals surface area contributed by atoms with Gasteiger partial charge in [0.25, 0.3) is 5.91 Å². The van der Waals surface area contributed by atoms with Gasteiger partial charge in [-0.05, 0) is 31.0 Å². The van der Waals surface area contributed by atoms with Crippen molar-refractivity contribution in [3.63, 3.8) is 0 Å². The zero-order valence-electron chi connectivity index (χ0n) is 16.7. The molecule has 1 aromatic heterocycles. The second-order valence-corrected chi connectivity index (χ2v) is 7.43. The highest BCUT2D eigenvalue weighted by Gasteiger charge is 2.28. The van der Waals surface area contributed by atoms with Gasteiger partial charge in [0.1, 0.15) is 11.3 Å². The number of carbonyl (C=O) groups excluding carboxylic acids is 1. The second-order valence-electron chi connectivity index (χ2n) is 7.43. The van der Waals surface area contributed by atoms with Gasteiger partial charge in [-0.3, -0.25) is 9.69 Å². The van der Waals surface area contributed by atoms with Gasteiger partial charge in [-0.15, -0.1) is 0 Å². The van der Waals surface area contributed by atoms with Crippen molar-refractivity contribution in [2.75, 3.05) is 33.3 Å². The van der Waals surface area contributed by atoms with Crippen molar-refractivity contribution in [2.24, 2.45) is 0 Å². The lowest BCUT2D eigenvalue weighted by Crippen LogP contribution is -2.35. The first kappa shape index (κ1) is 19.4. The van der Waals surface area contributed by atoms with E-state index in [1.807, 2.05) is 37.8 Å². The monoisotopic (exact) mass is 371 g/mol. The lowest BCUT2D eigenvalue weighted by molar-refractivity contribution is 0.0757. The number of hydrogen-bond acceptors (Lipinski definition) is 5. The van der Waals surface area contributed by atoms with Crippen LogP contribution in [0.15, 0.2) is 28.8 Å². The van der Waals surface area contributed by atoms with Crippen LogP contribution in [0, 0.1) is 6.92 Å². The highest BCUT2D eigenvalue weighted by Crippen LogP contribution is 2.24. The Morgan fingerprint density at radius 2 is 1.93 bits per heavy atom. The largest absolute Gasteiger partial charge is 0.497 e. The van der Waals surface area contributed by atoms with Crippen molar-refractivity contribution in [1.82, 2.24) is 15.0 Å². The fraction of sp³-hybridized carbons (Fsp3) is 0.524. The van der Waals surface area contributed by atoms with Crippen LogP contribution in [0.5, 0.6) is 5.75 Å². The van der Waals surface area contributed by atoms with E-state index in [1.165, 1.54) is 5.56 Å². The fourth-order valence-corrected chi connectivity index (χ4v) is 3.52. The number of ether oxygens (including phenoxy) is 1. The summed E-state index contributed by atoms with van der Waals surface area (Å²) in [6.07, 6.45) is 0.962. The average Bonchev–Trinajstić information content (AvgIpc) is 2.90. The van der Waals surface area contributed by atoms with Gasteiger partial charge in [0.05, 0.1) is 12.8 Å². The number of carbonyl (C=O) groups is 1. The van der Waals surface area contributed by atoms with Gasteiger partial charge in [-0.25, -0.2) is 0 Å². The number of hydrogen-bond donors (Lipinski definition) is 0. The van der Waals surface area contributed by atoms with E-state index in [0.717, 1.165) is 44.9 Å². The molecule has 1 fully saturated rings. The van der Waals surface area contributed by atoms with Crippen LogP contribution in [0.4, 0.5) is 0 Å². The van der Waals surface area contributed by atoms with E-state index in [-0.39, 0.29) is 11.8 Å². The predicted molar refractivity (Wildman–Crippen MR) is 104 cm³/mol. The molecule has 1 aromatic carbocycles. The van der Waals surface area contributed by atoms with E-state index < -0.39 is 0 Å². The molecule has 146 valence electrons. The summed E-state index contributed by atoms with van der Waals surface area (Å²) in [5, 5.41) is 4.02. The Kier molecular flexibility index (Phi) is 6.16. The van der Waals surface area contributed by atoms with Crippen LogP contribution in [-0.4, -0.2) is 54.2 Å². The van der Waals surface area contributed by atoms with Crippen LogP contribution < -0.4 is 4.74 Å². The molecular formula is C21H29N3O3. The third-order valence-corrected chi connectivity index (χ3v) is 5.07. The van der Waals surface area contributed by atoms with Crippen molar-refractivity contribution in [2.45, 2.75) is 39.7 Å². The molecule has 6 heteroatoms. The zero-order chi connectivity index (χ0) is 19.4. The Hall–Kier alpha value is -2.34. The number of methoxy groups -OCH3 is 1. The standard InChI is InChI=1S/C21H29N3O3/c1-15(2)20-19(16(3)22-27-20)21(25)24-11-5-10-23(12-13-24)14-17-6-8-18(26-4)9-7-17/h6-9,15H,5,10-14H2,1-4H3. The Labute approximate surface area is 161 Å². The van der Waals surface area contributed by atoms with Crippen LogP contribution in [0.2, 0.25) is 0 Å². The first-order chi connectivity index (χ1) is 13.0. The summed E-state index contributed by atoms with van der Waals surface area (Å²) in [6.45, 7) is 10.1. The lowest BCUT2D eigenvalue weighted by atomic mass is 10.0. The highest BCUT2D eigenvalue weighted by atomic mass is 16.5. The molecule has 1 aliphatic rings. The van der Waals surface area contributed by atoms with Crippen LogP contribution in [0.1, 0.15) is 53.6 Å². The van der Waals surface area contributed by atoms with Crippen molar-refractivity contribution < 1.29 is 14.1 Å². The molecule has 0 spiro atoms. The predicted octanol–water partition coefficient (Wildman–Crippen LogP) is 3.46. The number of aryl methyl sites for hydroxylation is 1. The first-order valence-corrected chi connectivity index (χ1v) is 9.60. The maximum Gasteiger partial charge on any atom is 0.259 e. The van der Waals surface area contributed by atoms with E-state index in [1.54, 1.807) is 7.11 Å². The SMILES string of the molecule is COc1ccc(CN2CCCN(C(=O)c3c(C)noc3C(C)C)CC2)cc1. The summed E-state index contributed by atoms with van der Waals surface area (Å²) in [4.78, 5) is 17.4. The fourth-order valence-electron chi connectivity index (χ4n) is 3.52. The van der Waals surface area contributed by atoms with Gasteiger partial charge < -0.3 is 14.2 Å². The average molecular weight is 371 g/mol. The Morgan fingerprint density at radius 1 is 1.19 bits per heavy atom. The van der Waals surface area contributed by atoms with Crippen molar-refractivity contribution in [1.29, 1.82) is 0 Å². The van der Waals surface area contributed by atoms with Gasteiger partial charge in [0.15, 0.2) is 5.76 Å². The second kappa shape index (κ2) is 8.57. The summed E-state index contributed by atoms with van der Waals surface area (Å²) >= 11 is 0. The summed E-state index contributed by atoms with van der Waals surface area (Å²) in [5.74, 6) is 1.75. The van der Waals surface area contributed by atoms with E-state index in [9.17, 15) is 4.79 Å². The molecule has 2 heterocycles. The Balaban J connectivity index is 1.64. The number of benzene rings is 1. The third kappa shape index (κ3) is 4.50. The quantitative estimate of drug-likeness (QED) is 0.805. The lowest BCUT2D eigenvalue weighted by Gasteiger charge is -2.22. The molecule has 27 heavy (non-hydrogen) atoms. The molecule has 1 saturated heterocycles. The Morgan fingerprint density at radius 3 is 2.59 bits per heavy atom. The van der Waals surface area contributed by atoms with Gasteiger partial charge in [0, 0.05) is 38.6 Å². The van der Waals surface area contributed by atoms with Gasteiger partial charge in [-0.2, -0.15) is 0 Å². The number of rotatable bonds is 5. The van der Waals surface area contributed by atoms with Gasteiger partial charge in [-0.1, -0.05) is 31.1 Å². The Bertz CT molecular complexity index is 767. The van der Waals surface area contributed by atoms with Gasteiger partial charge >= 0.3 is 0 Å². The minimum Gasteiger partial charge on any atom is -0.497 e. The van der Waals surface area contributed by atoms with Crippen LogP contribution in [0.3, 0.4) is 0 Å². The molecule has 0 unspecified atom stereocenters. The summed E-state index contributed by atoms with van der Waals surface area (Å²) in [5.41, 5.74) is 2.59.